The minimum absolute atomic E-state index is 0.179. The lowest BCUT2D eigenvalue weighted by Gasteiger charge is -2.47. The maximum Gasteiger partial charge on any atom is 0.254 e. The fraction of sp³-hybridized carbons (Fsp3) is 0.619. The van der Waals surface area contributed by atoms with Crippen LogP contribution in [0.4, 0.5) is 0 Å². The SMILES string of the molecule is CCc1ccccc1C(=O)N1CCC2(CCC(=O)N(C3CC3)C2)CC1. The Morgan fingerprint density at radius 1 is 1.16 bits per heavy atom. The van der Waals surface area contributed by atoms with Gasteiger partial charge in [-0.05, 0) is 55.6 Å². The van der Waals surface area contributed by atoms with E-state index in [-0.39, 0.29) is 11.3 Å². The molecule has 0 unspecified atom stereocenters. The van der Waals surface area contributed by atoms with Crippen molar-refractivity contribution in [3.63, 3.8) is 0 Å². The van der Waals surface area contributed by atoms with Gasteiger partial charge in [-0.3, -0.25) is 9.59 Å². The molecule has 1 aromatic rings. The predicted octanol–water partition coefficient (Wildman–Crippen LogP) is 3.26. The molecule has 3 fully saturated rings. The molecule has 1 aliphatic carbocycles. The average Bonchev–Trinajstić information content (AvgIpc) is 3.49. The molecule has 2 aliphatic heterocycles. The Kier molecular flexibility index (Phi) is 4.30. The van der Waals surface area contributed by atoms with E-state index in [1.165, 1.54) is 12.8 Å². The molecule has 4 rings (SSSR count). The third-order valence-electron chi connectivity index (χ3n) is 6.42. The van der Waals surface area contributed by atoms with Crippen molar-refractivity contribution >= 4 is 11.8 Å². The quantitative estimate of drug-likeness (QED) is 0.847. The Hall–Kier alpha value is -1.84. The highest BCUT2D eigenvalue weighted by atomic mass is 16.2. The highest BCUT2D eigenvalue weighted by Crippen LogP contribution is 2.43. The normalized spacial score (nSPS) is 23.2. The van der Waals surface area contributed by atoms with Gasteiger partial charge in [-0.1, -0.05) is 25.1 Å². The number of likely N-dealkylation sites (tertiary alicyclic amines) is 2. The summed E-state index contributed by atoms with van der Waals surface area (Å²) >= 11 is 0. The second-order valence-electron chi connectivity index (χ2n) is 8.06. The first-order chi connectivity index (χ1) is 12.1. The monoisotopic (exact) mass is 340 g/mol. The van der Waals surface area contributed by atoms with Crippen LogP contribution in [-0.2, 0) is 11.2 Å². The van der Waals surface area contributed by atoms with E-state index in [1.54, 1.807) is 0 Å². The first-order valence-corrected chi connectivity index (χ1v) is 9.78. The number of aryl methyl sites for hydroxylation is 1. The van der Waals surface area contributed by atoms with Gasteiger partial charge in [0.05, 0.1) is 0 Å². The van der Waals surface area contributed by atoms with E-state index in [1.807, 2.05) is 23.1 Å². The molecular formula is C21H28N2O2. The molecule has 0 bridgehead atoms. The van der Waals surface area contributed by atoms with Crippen molar-refractivity contribution in [2.24, 2.45) is 5.41 Å². The third-order valence-corrected chi connectivity index (χ3v) is 6.42. The lowest BCUT2D eigenvalue weighted by Crippen LogP contribution is -2.53. The summed E-state index contributed by atoms with van der Waals surface area (Å²) in [4.78, 5) is 29.3. The Morgan fingerprint density at radius 3 is 2.56 bits per heavy atom. The summed E-state index contributed by atoms with van der Waals surface area (Å²) in [6.07, 6.45) is 7.01. The highest BCUT2D eigenvalue weighted by Gasteiger charge is 2.45. The molecule has 2 heterocycles. The van der Waals surface area contributed by atoms with Crippen LogP contribution >= 0.6 is 0 Å². The van der Waals surface area contributed by atoms with Crippen LogP contribution < -0.4 is 0 Å². The van der Waals surface area contributed by atoms with Gasteiger partial charge >= 0.3 is 0 Å². The minimum atomic E-state index is 0.179. The zero-order valence-electron chi connectivity index (χ0n) is 15.2. The second-order valence-corrected chi connectivity index (χ2v) is 8.06. The van der Waals surface area contributed by atoms with Crippen molar-refractivity contribution in [1.29, 1.82) is 0 Å². The lowest BCUT2D eigenvalue weighted by atomic mass is 9.72. The minimum Gasteiger partial charge on any atom is -0.339 e. The second kappa shape index (κ2) is 6.47. The molecule has 134 valence electrons. The van der Waals surface area contributed by atoms with Crippen LogP contribution in [0.3, 0.4) is 0 Å². The molecule has 3 aliphatic rings. The first-order valence-electron chi connectivity index (χ1n) is 9.78. The fourth-order valence-corrected chi connectivity index (χ4v) is 4.56. The van der Waals surface area contributed by atoms with Crippen LogP contribution in [0.25, 0.3) is 0 Å². The zero-order valence-corrected chi connectivity index (χ0v) is 15.2. The van der Waals surface area contributed by atoms with E-state index in [2.05, 4.69) is 17.9 Å². The van der Waals surface area contributed by atoms with Gasteiger partial charge < -0.3 is 9.80 Å². The van der Waals surface area contributed by atoms with Crippen molar-refractivity contribution in [2.75, 3.05) is 19.6 Å². The smallest absolute Gasteiger partial charge is 0.254 e. The van der Waals surface area contributed by atoms with Gasteiger partial charge in [-0.25, -0.2) is 0 Å². The number of carbonyl (C=O) groups excluding carboxylic acids is 2. The molecule has 4 nitrogen and oxygen atoms in total. The average molecular weight is 340 g/mol. The van der Waals surface area contributed by atoms with E-state index in [9.17, 15) is 9.59 Å². The molecule has 0 atom stereocenters. The molecule has 1 saturated carbocycles. The molecule has 1 spiro atoms. The summed E-state index contributed by atoms with van der Waals surface area (Å²) in [7, 11) is 0. The number of nitrogens with zero attached hydrogens (tertiary/aromatic N) is 2. The Labute approximate surface area is 150 Å². The van der Waals surface area contributed by atoms with Crippen molar-refractivity contribution < 1.29 is 9.59 Å². The maximum absolute atomic E-state index is 12.9. The standard InChI is InChI=1S/C21H28N2O2/c1-2-16-5-3-4-6-18(16)20(25)22-13-11-21(12-14-22)10-9-19(24)23(15-21)17-7-8-17/h3-6,17H,2,7-15H2,1H3. The van der Waals surface area contributed by atoms with Crippen LogP contribution in [0, 0.1) is 5.41 Å². The van der Waals surface area contributed by atoms with Gasteiger partial charge in [0.2, 0.25) is 5.91 Å². The van der Waals surface area contributed by atoms with Gasteiger partial charge in [-0.15, -0.1) is 0 Å². The molecule has 1 aromatic carbocycles. The first kappa shape index (κ1) is 16.6. The van der Waals surface area contributed by atoms with Crippen LogP contribution in [0.2, 0.25) is 0 Å². The summed E-state index contributed by atoms with van der Waals surface area (Å²) in [5, 5.41) is 0. The lowest BCUT2D eigenvalue weighted by molar-refractivity contribution is -0.139. The molecule has 0 aromatic heterocycles. The number of piperidine rings is 2. The van der Waals surface area contributed by atoms with Gasteiger partial charge in [0, 0.05) is 37.7 Å². The van der Waals surface area contributed by atoms with E-state index in [4.69, 9.17) is 0 Å². The van der Waals surface area contributed by atoms with Gasteiger partial charge in [0.15, 0.2) is 0 Å². The molecule has 25 heavy (non-hydrogen) atoms. The molecule has 0 N–H and O–H groups in total. The molecule has 2 amide bonds. The fourth-order valence-electron chi connectivity index (χ4n) is 4.56. The third kappa shape index (κ3) is 3.19. The Morgan fingerprint density at radius 2 is 1.88 bits per heavy atom. The van der Waals surface area contributed by atoms with E-state index < -0.39 is 0 Å². The highest BCUT2D eigenvalue weighted by molar-refractivity contribution is 5.95. The summed E-state index contributed by atoms with van der Waals surface area (Å²) in [5.41, 5.74) is 2.24. The van der Waals surface area contributed by atoms with Crippen LogP contribution in [0.1, 0.15) is 61.4 Å². The number of hydrogen-bond acceptors (Lipinski definition) is 2. The van der Waals surface area contributed by atoms with E-state index in [0.29, 0.717) is 18.4 Å². The number of benzene rings is 1. The van der Waals surface area contributed by atoms with Crippen molar-refractivity contribution in [3.05, 3.63) is 35.4 Å². The molecule has 2 saturated heterocycles. The molecule has 0 radical (unpaired) electrons. The largest absolute Gasteiger partial charge is 0.339 e. The number of hydrogen-bond donors (Lipinski definition) is 0. The van der Waals surface area contributed by atoms with Crippen LogP contribution in [-0.4, -0.2) is 47.3 Å². The number of amides is 2. The van der Waals surface area contributed by atoms with Crippen LogP contribution in [0.5, 0.6) is 0 Å². The number of rotatable bonds is 3. The van der Waals surface area contributed by atoms with Crippen LogP contribution in [0.15, 0.2) is 24.3 Å². The summed E-state index contributed by atoms with van der Waals surface area (Å²) in [6.45, 7) is 4.67. The van der Waals surface area contributed by atoms with E-state index >= 15 is 0 Å². The van der Waals surface area contributed by atoms with E-state index in [0.717, 1.165) is 56.4 Å². The summed E-state index contributed by atoms with van der Waals surface area (Å²) in [6, 6.07) is 8.49. The topological polar surface area (TPSA) is 40.6 Å². The molecule has 4 heteroatoms. The number of carbonyl (C=O) groups is 2. The van der Waals surface area contributed by atoms with Gasteiger partial charge in [0.25, 0.3) is 5.91 Å². The van der Waals surface area contributed by atoms with Gasteiger partial charge in [-0.2, -0.15) is 0 Å². The zero-order chi connectivity index (χ0) is 17.4. The molecular weight excluding hydrogens is 312 g/mol. The van der Waals surface area contributed by atoms with Crippen molar-refractivity contribution in [1.82, 2.24) is 9.80 Å². The summed E-state index contributed by atoms with van der Waals surface area (Å²) in [5.74, 6) is 0.529. The maximum atomic E-state index is 12.9. The Balaban J connectivity index is 1.42. The van der Waals surface area contributed by atoms with Crippen molar-refractivity contribution in [3.8, 4) is 0 Å². The summed E-state index contributed by atoms with van der Waals surface area (Å²) < 4.78 is 0. The van der Waals surface area contributed by atoms with Gasteiger partial charge in [0.1, 0.15) is 0 Å². The predicted molar refractivity (Wildman–Crippen MR) is 97.4 cm³/mol. The van der Waals surface area contributed by atoms with Crippen molar-refractivity contribution in [2.45, 2.75) is 57.9 Å². The Bertz CT molecular complexity index is 672.